The van der Waals surface area contributed by atoms with Crippen LogP contribution < -0.4 is 21.7 Å². The lowest BCUT2D eigenvalue weighted by Gasteiger charge is -2.15. The lowest BCUT2D eigenvalue weighted by atomic mass is 10.1. The van der Waals surface area contributed by atoms with Crippen LogP contribution in [0.5, 0.6) is 5.75 Å². The molecule has 13 heteroatoms. The van der Waals surface area contributed by atoms with Gasteiger partial charge in [-0.05, 0) is 18.2 Å². The Kier molecular flexibility index (Phi) is 5.54. The van der Waals surface area contributed by atoms with Gasteiger partial charge in [-0.15, -0.1) is 0 Å². The second-order valence-corrected chi connectivity index (χ2v) is 5.92. The Labute approximate surface area is 157 Å². The van der Waals surface area contributed by atoms with Gasteiger partial charge >= 0.3 is 18.0 Å². The van der Waals surface area contributed by atoms with Crippen LogP contribution in [0.15, 0.2) is 27.8 Å². The molecule has 2 aromatic rings. The SMILES string of the molecule is Cn1c(N)c(C(=O)COc2cc(C(F)(F)F)cc(C(F)(F)F)c2)c(=O)n(C)c1=O. The number of carbonyl (C=O) groups is 1. The van der Waals surface area contributed by atoms with E-state index >= 15 is 0 Å². The molecule has 2 rings (SSSR count). The number of ether oxygens (including phenoxy) is 1. The molecule has 1 aromatic heterocycles. The molecule has 0 fully saturated rings. The molecule has 0 spiro atoms. The van der Waals surface area contributed by atoms with Crippen LogP contribution >= 0.6 is 0 Å². The van der Waals surface area contributed by atoms with E-state index in [4.69, 9.17) is 10.5 Å². The zero-order valence-corrected chi connectivity index (χ0v) is 14.8. The van der Waals surface area contributed by atoms with E-state index in [9.17, 15) is 40.7 Å². The van der Waals surface area contributed by atoms with Gasteiger partial charge in [0.15, 0.2) is 6.61 Å². The highest BCUT2D eigenvalue weighted by atomic mass is 19.4. The zero-order valence-electron chi connectivity index (χ0n) is 14.8. The molecular weight excluding hydrogens is 412 g/mol. The molecule has 1 aromatic carbocycles. The molecule has 7 nitrogen and oxygen atoms in total. The van der Waals surface area contributed by atoms with Crippen molar-refractivity contribution in [2.45, 2.75) is 12.4 Å². The van der Waals surface area contributed by atoms with E-state index in [1.165, 1.54) is 0 Å². The number of nitrogen functional groups attached to an aromatic ring is 1. The molecule has 0 radical (unpaired) electrons. The van der Waals surface area contributed by atoms with Gasteiger partial charge in [-0.25, -0.2) is 4.79 Å². The van der Waals surface area contributed by atoms with Gasteiger partial charge in [0.1, 0.15) is 17.1 Å². The fourth-order valence-electron chi connectivity index (χ4n) is 2.35. The third kappa shape index (κ3) is 4.43. The minimum absolute atomic E-state index is 0.102. The Morgan fingerprint density at radius 3 is 1.90 bits per heavy atom. The van der Waals surface area contributed by atoms with Crippen LogP contribution in [0.2, 0.25) is 0 Å². The molecule has 2 N–H and O–H groups in total. The summed E-state index contributed by atoms with van der Waals surface area (Å²) in [5.74, 6) is -2.54. The molecule has 0 aliphatic heterocycles. The summed E-state index contributed by atoms with van der Waals surface area (Å²) in [6, 6.07) is 0.463. The number of hydrogen-bond acceptors (Lipinski definition) is 5. The van der Waals surface area contributed by atoms with Crippen molar-refractivity contribution >= 4 is 11.6 Å². The Hall–Kier alpha value is -3.25. The number of halogens is 6. The van der Waals surface area contributed by atoms with Crippen LogP contribution in [0.1, 0.15) is 21.5 Å². The van der Waals surface area contributed by atoms with E-state index in [-0.39, 0.29) is 18.2 Å². The maximum Gasteiger partial charge on any atom is 0.416 e. The number of alkyl halides is 6. The van der Waals surface area contributed by atoms with Gasteiger partial charge in [-0.2, -0.15) is 26.3 Å². The molecule has 0 aliphatic rings. The number of rotatable bonds is 4. The topological polar surface area (TPSA) is 96.3 Å². The van der Waals surface area contributed by atoms with Crippen molar-refractivity contribution in [1.29, 1.82) is 0 Å². The molecular formula is C16H13F6N3O4. The van der Waals surface area contributed by atoms with E-state index in [0.29, 0.717) is 4.57 Å². The van der Waals surface area contributed by atoms with Gasteiger partial charge in [-0.1, -0.05) is 0 Å². The summed E-state index contributed by atoms with van der Waals surface area (Å²) in [4.78, 5) is 36.1. The van der Waals surface area contributed by atoms with Crippen molar-refractivity contribution in [2.75, 3.05) is 12.3 Å². The quantitative estimate of drug-likeness (QED) is 0.597. The number of aromatic nitrogens is 2. The second kappa shape index (κ2) is 7.29. The number of carbonyl (C=O) groups excluding carboxylic acids is 1. The number of benzene rings is 1. The first kappa shape index (κ1) is 22.0. The number of nitrogens with zero attached hydrogens (tertiary/aromatic N) is 2. The van der Waals surface area contributed by atoms with Crippen molar-refractivity contribution in [3.05, 3.63) is 55.7 Å². The zero-order chi connectivity index (χ0) is 22.3. The largest absolute Gasteiger partial charge is 0.485 e. The Morgan fingerprint density at radius 1 is 0.966 bits per heavy atom. The predicted molar refractivity (Wildman–Crippen MR) is 87.6 cm³/mol. The van der Waals surface area contributed by atoms with Crippen LogP contribution in [0.4, 0.5) is 32.2 Å². The van der Waals surface area contributed by atoms with Crippen molar-refractivity contribution < 1.29 is 35.9 Å². The monoisotopic (exact) mass is 425 g/mol. The smallest absolute Gasteiger partial charge is 0.416 e. The molecule has 1 heterocycles. The highest BCUT2D eigenvalue weighted by molar-refractivity contribution is 6.00. The fraction of sp³-hybridized carbons (Fsp3) is 0.312. The molecule has 0 amide bonds. The number of ketones is 1. The molecule has 0 aliphatic carbocycles. The standard InChI is InChI=1S/C16H13F6N3O4/c1-24-12(23)11(13(27)25(2)14(24)28)10(26)6-29-9-4-7(15(17,18)19)3-8(5-9)16(20,21)22/h3-5H,6,23H2,1-2H3. The first-order chi connectivity index (χ1) is 13.1. The fourth-order valence-corrected chi connectivity index (χ4v) is 2.35. The summed E-state index contributed by atoms with van der Waals surface area (Å²) in [6.45, 7) is -1.09. The molecule has 0 atom stereocenters. The van der Waals surface area contributed by atoms with Gasteiger partial charge in [0, 0.05) is 14.1 Å². The molecule has 158 valence electrons. The van der Waals surface area contributed by atoms with E-state index in [1.807, 2.05) is 0 Å². The number of hydrogen-bond donors (Lipinski definition) is 1. The lowest BCUT2D eigenvalue weighted by molar-refractivity contribution is -0.143. The van der Waals surface area contributed by atoms with Crippen molar-refractivity contribution in [3.8, 4) is 5.75 Å². The molecule has 29 heavy (non-hydrogen) atoms. The summed E-state index contributed by atoms with van der Waals surface area (Å²) >= 11 is 0. The average molecular weight is 425 g/mol. The summed E-state index contributed by atoms with van der Waals surface area (Å²) in [7, 11) is 2.22. The Morgan fingerprint density at radius 2 is 1.45 bits per heavy atom. The minimum atomic E-state index is -5.10. The van der Waals surface area contributed by atoms with Crippen molar-refractivity contribution in [1.82, 2.24) is 9.13 Å². The van der Waals surface area contributed by atoms with E-state index in [1.54, 1.807) is 0 Å². The van der Waals surface area contributed by atoms with Crippen LogP contribution in [-0.2, 0) is 26.4 Å². The van der Waals surface area contributed by atoms with Crippen LogP contribution in [0.25, 0.3) is 0 Å². The summed E-state index contributed by atoms with van der Waals surface area (Å²) in [6.07, 6.45) is -10.2. The van der Waals surface area contributed by atoms with E-state index in [0.717, 1.165) is 18.7 Å². The van der Waals surface area contributed by atoms with Gasteiger partial charge < -0.3 is 10.5 Å². The lowest BCUT2D eigenvalue weighted by Crippen LogP contribution is -2.42. The highest BCUT2D eigenvalue weighted by Gasteiger charge is 2.37. The summed E-state index contributed by atoms with van der Waals surface area (Å²) < 4.78 is 83.2. The van der Waals surface area contributed by atoms with Crippen molar-refractivity contribution in [3.63, 3.8) is 0 Å². The molecule has 0 saturated carbocycles. The summed E-state index contributed by atoms with van der Waals surface area (Å²) in [5, 5.41) is 0. The van der Waals surface area contributed by atoms with Gasteiger partial charge in [0.2, 0.25) is 5.78 Å². The normalized spacial score (nSPS) is 12.1. The van der Waals surface area contributed by atoms with Crippen LogP contribution in [-0.4, -0.2) is 21.5 Å². The number of anilines is 1. The Bertz CT molecular complexity index is 1050. The second-order valence-electron chi connectivity index (χ2n) is 5.92. The van der Waals surface area contributed by atoms with Crippen molar-refractivity contribution in [2.24, 2.45) is 14.1 Å². The van der Waals surface area contributed by atoms with Gasteiger partial charge in [0.25, 0.3) is 5.56 Å². The predicted octanol–water partition coefficient (Wildman–Crippen LogP) is 1.97. The Balaban J connectivity index is 2.41. The minimum Gasteiger partial charge on any atom is -0.485 e. The van der Waals surface area contributed by atoms with Gasteiger partial charge in [-0.3, -0.25) is 18.7 Å². The number of Topliss-reactive ketones (excluding diaryl/α,β-unsaturated/α-hetero) is 1. The maximum atomic E-state index is 12.8. The molecule has 0 bridgehead atoms. The van der Waals surface area contributed by atoms with E-state index < -0.39 is 64.2 Å². The maximum absolute atomic E-state index is 12.8. The average Bonchev–Trinajstić information content (AvgIpc) is 2.61. The van der Waals surface area contributed by atoms with Crippen LogP contribution in [0.3, 0.4) is 0 Å². The van der Waals surface area contributed by atoms with E-state index in [2.05, 4.69) is 0 Å². The first-order valence-corrected chi connectivity index (χ1v) is 7.65. The third-order valence-electron chi connectivity index (χ3n) is 3.92. The molecule has 0 unspecified atom stereocenters. The first-order valence-electron chi connectivity index (χ1n) is 7.65. The highest BCUT2D eigenvalue weighted by Crippen LogP contribution is 2.38. The van der Waals surface area contributed by atoms with Crippen LogP contribution in [0, 0.1) is 0 Å². The summed E-state index contributed by atoms with van der Waals surface area (Å²) in [5.41, 5.74) is -0.305. The van der Waals surface area contributed by atoms with Gasteiger partial charge in [0.05, 0.1) is 11.1 Å². The third-order valence-corrected chi connectivity index (χ3v) is 3.92. The number of nitrogens with two attached hydrogens (primary N) is 1. The molecule has 0 saturated heterocycles.